The van der Waals surface area contributed by atoms with E-state index in [0.717, 1.165) is 49.9 Å². The standard InChI is InChI=1S/C23H30N4O2/c1-2-26(16-17-10-4-3-5-11-17)23(29)21-25-20(19-14-8-9-15-27(19)21)22(28)24-18-12-6-7-13-18/h3-5,10-11,18H,2,6-9,12-16H2,1H3,(H,24,28). The van der Waals surface area contributed by atoms with Gasteiger partial charge in [0.25, 0.3) is 11.8 Å². The summed E-state index contributed by atoms with van der Waals surface area (Å²) in [4.78, 5) is 32.7. The molecule has 2 heterocycles. The van der Waals surface area contributed by atoms with Gasteiger partial charge in [0.15, 0.2) is 5.82 Å². The second-order valence-corrected chi connectivity index (χ2v) is 8.10. The Kier molecular flexibility index (Phi) is 5.97. The molecule has 1 saturated carbocycles. The van der Waals surface area contributed by atoms with Crippen molar-refractivity contribution in [3.05, 3.63) is 53.1 Å². The quantitative estimate of drug-likeness (QED) is 0.815. The number of amides is 2. The van der Waals surface area contributed by atoms with E-state index in [4.69, 9.17) is 0 Å². The molecule has 1 N–H and O–H groups in total. The highest BCUT2D eigenvalue weighted by Gasteiger charge is 2.30. The van der Waals surface area contributed by atoms with Crippen LogP contribution in [0.4, 0.5) is 0 Å². The molecule has 0 radical (unpaired) electrons. The highest BCUT2D eigenvalue weighted by atomic mass is 16.2. The maximum Gasteiger partial charge on any atom is 0.290 e. The summed E-state index contributed by atoms with van der Waals surface area (Å²) in [5.74, 6) is 0.196. The van der Waals surface area contributed by atoms with E-state index in [1.807, 2.05) is 41.8 Å². The molecule has 0 spiro atoms. The lowest BCUT2D eigenvalue weighted by molar-refractivity contribution is 0.0734. The molecule has 1 aromatic heterocycles. The van der Waals surface area contributed by atoms with Gasteiger partial charge in [-0.2, -0.15) is 0 Å². The van der Waals surface area contributed by atoms with Gasteiger partial charge in [-0.25, -0.2) is 4.98 Å². The molecule has 6 heteroatoms. The van der Waals surface area contributed by atoms with Gasteiger partial charge in [0.05, 0.1) is 5.69 Å². The molecule has 154 valence electrons. The third-order valence-corrected chi connectivity index (χ3v) is 6.10. The summed E-state index contributed by atoms with van der Waals surface area (Å²) in [6.45, 7) is 3.87. The molecule has 1 aliphatic heterocycles. The van der Waals surface area contributed by atoms with Crippen LogP contribution in [0.15, 0.2) is 30.3 Å². The molecular formula is C23H30N4O2. The van der Waals surface area contributed by atoms with Gasteiger partial charge in [-0.1, -0.05) is 43.2 Å². The van der Waals surface area contributed by atoms with Gasteiger partial charge in [-0.3, -0.25) is 9.59 Å². The zero-order chi connectivity index (χ0) is 20.2. The van der Waals surface area contributed by atoms with Crippen LogP contribution in [0.2, 0.25) is 0 Å². The summed E-state index contributed by atoms with van der Waals surface area (Å²) in [7, 11) is 0. The average Bonchev–Trinajstić information content (AvgIpc) is 3.40. The predicted molar refractivity (Wildman–Crippen MR) is 112 cm³/mol. The summed E-state index contributed by atoms with van der Waals surface area (Å²) in [6, 6.07) is 10.2. The molecule has 4 rings (SSSR count). The van der Waals surface area contributed by atoms with Crippen molar-refractivity contribution in [3.63, 3.8) is 0 Å². The van der Waals surface area contributed by atoms with E-state index < -0.39 is 0 Å². The molecule has 0 atom stereocenters. The molecule has 2 aromatic rings. The van der Waals surface area contributed by atoms with Crippen molar-refractivity contribution >= 4 is 11.8 Å². The van der Waals surface area contributed by atoms with Crippen LogP contribution in [0.25, 0.3) is 0 Å². The molecule has 6 nitrogen and oxygen atoms in total. The molecule has 0 unspecified atom stereocenters. The fourth-order valence-corrected chi connectivity index (χ4v) is 4.48. The molecular weight excluding hydrogens is 364 g/mol. The first-order chi connectivity index (χ1) is 14.2. The van der Waals surface area contributed by atoms with Crippen molar-refractivity contribution in [2.45, 2.75) is 71.0 Å². The van der Waals surface area contributed by atoms with Crippen LogP contribution < -0.4 is 5.32 Å². The van der Waals surface area contributed by atoms with Crippen molar-refractivity contribution in [1.29, 1.82) is 0 Å². The molecule has 1 fully saturated rings. The first-order valence-corrected chi connectivity index (χ1v) is 10.9. The zero-order valence-corrected chi connectivity index (χ0v) is 17.2. The maximum absolute atomic E-state index is 13.3. The minimum Gasteiger partial charge on any atom is -0.348 e. The summed E-state index contributed by atoms with van der Waals surface area (Å²) in [5, 5.41) is 3.14. The number of benzene rings is 1. The van der Waals surface area contributed by atoms with Gasteiger partial charge >= 0.3 is 0 Å². The van der Waals surface area contributed by atoms with E-state index in [-0.39, 0.29) is 17.9 Å². The summed E-state index contributed by atoms with van der Waals surface area (Å²) in [5.41, 5.74) is 2.47. The second kappa shape index (κ2) is 8.80. The van der Waals surface area contributed by atoms with E-state index in [9.17, 15) is 9.59 Å². The van der Waals surface area contributed by atoms with Gasteiger partial charge in [-0.15, -0.1) is 0 Å². The van der Waals surface area contributed by atoms with Gasteiger partial charge in [-0.05, 0) is 44.6 Å². The van der Waals surface area contributed by atoms with Gasteiger partial charge < -0.3 is 14.8 Å². The highest BCUT2D eigenvalue weighted by Crippen LogP contribution is 2.24. The number of imidazole rings is 1. The van der Waals surface area contributed by atoms with Crippen LogP contribution in [-0.2, 0) is 19.5 Å². The Morgan fingerprint density at radius 3 is 2.62 bits per heavy atom. The van der Waals surface area contributed by atoms with E-state index in [0.29, 0.717) is 24.6 Å². The normalized spacial score (nSPS) is 16.4. The van der Waals surface area contributed by atoms with Gasteiger partial charge in [0, 0.05) is 25.7 Å². The number of fused-ring (bicyclic) bond motifs is 1. The van der Waals surface area contributed by atoms with E-state index in [2.05, 4.69) is 10.3 Å². The van der Waals surface area contributed by atoms with Crippen LogP contribution in [0.1, 0.15) is 77.8 Å². The highest BCUT2D eigenvalue weighted by molar-refractivity contribution is 5.97. The lowest BCUT2D eigenvalue weighted by Gasteiger charge is -2.22. The first kappa shape index (κ1) is 19.7. The number of hydrogen-bond acceptors (Lipinski definition) is 3. The Labute approximate surface area is 172 Å². The Hall–Kier alpha value is -2.63. The van der Waals surface area contributed by atoms with Crippen LogP contribution in [0.3, 0.4) is 0 Å². The van der Waals surface area contributed by atoms with Crippen molar-refractivity contribution in [1.82, 2.24) is 19.8 Å². The Balaban J connectivity index is 1.59. The maximum atomic E-state index is 13.3. The smallest absolute Gasteiger partial charge is 0.290 e. The van der Waals surface area contributed by atoms with Crippen LogP contribution in [0, 0.1) is 0 Å². The predicted octanol–water partition coefficient (Wildman–Crippen LogP) is 3.55. The SMILES string of the molecule is CCN(Cc1ccccc1)C(=O)c1nc(C(=O)NC2CCCC2)c2n1CCCC2. The Morgan fingerprint density at radius 1 is 1.14 bits per heavy atom. The molecule has 2 amide bonds. The lowest BCUT2D eigenvalue weighted by atomic mass is 10.1. The fourth-order valence-electron chi connectivity index (χ4n) is 4.48. The van der Waals surface area contributed by atoms with Crippen molar-refractivity contribution in [2.75, 3.05) is 6.54 Å². The van der Waals surface area contributed by atoms with Gasteiger partial charge in [0.2, 0.25) is 0 Å². The van der Waals surface area contributed by atoms with E-state index in [1.54, 1.807) is 4.90 Å². The number of carbonyl (C=O) groups is 2. The monoisotopic (exact) mass is 394 g/mol. The van der Waals surface area contributed by atoms with Crippen LogP contribution >= 0.6 is 0 Å². The number of rotatable bonds is 6. The number of carbonyl (C=O) groups excluding carboxylic acids is 2. The fraction of sp³-hybridized carbons (Fsp3) is 0.522. The van der Waals surface area contributed by atoms with Crippen LogP contribution in [-0.4, -0.2) is 38.9 Å². The molecule has 29 heavy (non-hydrogen) atoms. The third kappa shape index (κ3) is 4.21. The summed E-state index contributed by atoms with van der Waals surface area (Å²) in [6.07, 6.45) is 7.26. The topological polar surface area (TPSA) is 67.2 Å². The zero-order valence-electron chi connectivity index (χ0n) is 17.2. The average molecular weight is 395 g/mol. The van der Waals surface area contributed by atoms with E-state index in [1.165, 1.54) is 12.8 Å². The lowest BCUT2D eigenvalue weighted by Crippen LogP contribution is -2.33. The number of hydrogen-bond donors (Lipinski definition) is 1. The van der Waals surface area contributed by atoms with E-state index >= 15 is 0 Å². The third-order valence-electron chi connectivity index (χ3n) is 6.10. The molecule has 1 aliphatic carbocycles. The molecule has 0 bridgehead atoms. The number of nitrogens with one attached hydrogen (secondary N) is 1. The summed E-state index contributed by atoms with van der Waals surface area (Å²) < 4.78 is 1.99. The molecule has 1 aromatic carbocycles. The minimum atomic E-state index is -0.118. The van der Waals surface area contributed by atoms with Crippen molar-refractivity contribution in [2.24, 2.45) is 0 Å². The van der Waals surface area contributed by atoms with Crippen molar-refractivity contribution in [3.8, 4) is 0 Å². The Bertz CT molecular complexity index is 869. The summed E-state index contributed by atoms with van der Waals surface area (Å²) >= 11 is 0. The largest absolute Gasteiger partial charge is 0.348 e. The van der Waals surface area contributed by atoms with Crippen molar-refractivity contribution < 1.29 is 9.59 Å². The van der Waals surface area contributed by atoms with Gasteiger partial charge in [0.1, 0.15) is 5.69 Å². The second-order valence-electron chi connectivity index (χ2n) is 8.10. The minimum absolute atomic E-state index is 0.0978. The van der Waals surface area contributed by atoms with Crippen LogP contribution in [0.5, 0.6) is 0 Å². The number of nitrogens with zero attached hydrogens (tertiary/aromatic N) is 3. The Morgan fingerprint density at radius 2 is 1.90 bits per heavy atom. The number of aromatic nitrogens is 2. The first-order valence-electron chi connectivity index (χ1n) is 10.9. The molecule has 0 saturated heterocycles. The molecule has 2 aliphatic rings.